The van der Waals surface area contributed by atoms with Gasteiger partial charge in [0.1, 0.15) is 5.02 Å². The molecule has 7 heteroatoms. The molecule has 22 heavy (non-hydrogen) atoms. The second kappa shape index (κ2) is 6.82. The minimum atomic E-state index is -0.643. The third-order valence-electron chi connectivity index (χ3n) is 2.96. The molecule has 0 saturated heterocycles. The SMILES string of the molecule is Cc1ccccc1C=NNC(=O)c1ccc(Cl)c([N+](=O)[O-])c1. The van der Waals surface area contributed by atoms with Crippen LogP contribution in [0.3, 0.4) is 0 Å². The third-order valence-corrected chi connectivity index (χ3v) is 3.28. The highest BCUT2D eigenvalue weighted by molar-refractivity contribution is 6.32. The normalized spacial score (nSPS) is 10.6. The molecule has 0 atom stereocenters. The van der Waals surface area contributed by atoms with Gasteiger partial charge in [-0.3, -0.25) is 14.9 Å². The first kappa shape index (κ1) is 15.7. The average molecular weight is 318 g/mol. The Labute approximate surface area is 131 Å². The smallest absolute Gasteiger partial charge is 0.267 e. The highest BCUT2D eigenvalue weighted by Crippen LogP contribution is 2.24. The van der Waals surface area contributed by atoms with Gasteiger partial charge in [0, 0.05) is 11.6 Å². The number of carbonyl (C=O) groups excluding carboxylic acids is 1. The molecule has 0 radical (unpaired) electrons. The van der Waals surface area contributed by atoms with Crippen LogP contribution in [0.2, 0.25) is 5.02 Å². The van der Waals surface area contributed by atoms with Crippen LogP contribution in [0.4, 0.5) is 5.69 Å². The molecule has 1 amide bonds. The molecule has 6 nitrogen and oxygen atoms in total. The molecule has 0 spiro atoms. The Morgan fingerprint density at radius 2 is 2.05 bits per heavy atom. The first-order valence-corrected chi connectivity index (χ1v) is 6.70. The zero-order valence-electron chi connectivity index (χ0n) is 11.6. The van der Waals surface area contributed by atoms with Crippen LogP contribution >= 0.6 is 11.6 Å². The number of amides is 1. The minimum Gasteiger partial charge on any atom is -0.267 e. The topological polar surface area (TPSA) is 84.6 Å². The average Bonchev–Trinajstić information content (AvgIpc) is 2.49. The Hall–Kier alpha value is -2.73. The summed E-state index contributed by atoms with van der Waals surface area (Å²) in [4.78, 5) is 22.1. The number of hydrazone groups is 1. The van der Waals surface area contributed by atoms with E-state index < -0.39 is 10.8 Å². The summed E-state index contributed by atoms with van der Waals surface area (Å²) in [7, 11) is 0. The van der Waals surface area contributed by atoms with Gasteiger partial charge in [-0.05, 0) is 30.2 Å². The lowest BCUT2D eigenvalue weighted by molar-refractivity contribution is -0.384. The molecular formula is C15H12ClN3O3. The van der Waals surface area contributed by atoms with Crippen LogP contribution in [-0.2, 0) is 0 Å². The predicted octanol–water partition coefficient (Wildman–Crippen LogP) is 3.32. The summed E-state index contributed by atoms with van der Waals surface area (Å²) in [6.45, 7) is 1.92. The predicted molar refractivity (Wildman–Crippen MR) is 84.3 cm³/mol. The van der Waals surface area contributed by atoms with E-state index in [9.17, 15) is 14.9 Å². The summed E-state index contributed by atoms with van der Waals surface area (Å²) in [6.07, 6.45) is 1.51. The van der Waals surface area contributed by atoms with Gasteiger partial charge in [0.25, 0.3) is 11.6 Å². The van der Waals surface area contributed by atoms with E-state index in [2.05, 4.69) is 10.5 Å². The van der Waals surface area contributed by atoms with E-state index in [0.29, 0.717) is 0 Å². The number of rotatable bonds is 4. The molecule has 2 rings (SSSR count). The summed E-state index contributed by atoms with van der Waals surface area (Å²) in [5.41, 5.74) is 3.99. The summed E-state index contributed by atoms with van der Waals surface area (Å²) >= 11 is 5.69. The largest absolute Gasteiger partial charge is 0.288 e. The van der Waals surface area contributed by atoms with Gasteiger partial charge in [0.05, 0.1) is 11.1 Å². The number of aryl methyl sites for hydroxylation is 1. The second-order valence-electron chi connectivity index (χ2n) is 4.48. The number of nitro benzene ring substituents is 1. The second-order valence-corrected chi connectivity index (χ2v) is 4.89. The summed E-state index contributed by atoms with van der Waals surface area (Å²) in [6, 6.07) is 11.4. The van der Waals surface area contributed by atoms with Gasteiger partial charge in [-0.2, -0.15) is 5.10 Å². The third kappa shape index (κ3) is 3.67. The van der Waals surface area contributed by atoms with Crippen LogP contribution in [0, 0.1) is 17.0 Å². The lowest BCUT2D eigenvalue weighted by Crippen LogP contribution is -2.17. The van der Waals surface area contributed by atoms with Gasteiger partial charge in [-0.25, -0.2) is 5.43 Å². The molecule has 2 aromatic rings. The molecule has 0 aromatic heterocycles. The van der Waals surface area contributed by atoms with E-state index in [1.807, 2.05) is 31.2 Å². The molecule has 0 heterocycles. The monoisotopic (exact) mass is 317 g/mol. The standard InChI is InChI=1S/C15H12ClN3O3/c1-10-4-2-3-5-12(10)9-17-18-15(20)11-6-7-13(16)14(8-11)19(21)22/h2-9H,1H3,(H,18,20). The van der Waals surface area contributed by atoms with Crippen molar-refractivity contribution in [2.24, 2.45) is 5.10 Å². The van der Waals surface area contributed by atoms with Crippen LogP contribution in [0.15, 0.2) is 47.6 Å². The summed E-state index contributed by atoms with van der Waals surface area (Å²) in [5.74, 6) is -0.551. The molecule has 0 aliphatic rings. The number of halogens is 1. The van der Waals surface area contributed by atoms with E-state index in [0.717, 1.165) is 17.2 Å². The fourth-order valence-electron chi connectivity index (χ4n) is 1.75. The van der Waals surface area contributed by atoms with Crippen molar-refractivity contribution >= 4 is 29.4 Å². The number of carbonyl (C=O) groups is 1. The van der Waals surface area contributed by atoms with Crippen LogP contribution < -0.4 is 5.43 Å². The van der Waals surface area contributed by atoms with Crippen molar-refractivity contribution in [1.82, 2.24) is 5.43 Å². The van der Waals surface area contributed by atoms with Crippen LogP contribution in [0.25, 0.3) is 0 Å². The van der Waals surface area contributed by atoms with E-state index >= 15 is 0 Å². The Morgan fingerprint density at radius 1 is 1.32 bits per heavy atom. The number of benzene rings is 2. The van der Waals surface area contributed by atoms with Gasteiger partial charge in [0.2, 0.25) is 0 Å². The summed E-state index contributed by atoms with van der Waals surface area (Å²) in [5, 5.41) is 14.6. The molecule has 1 N–H and O–H groups in total. The van der Waals surface area contributed by atoms with Gasteiger partial charge in [-0.15, -0.1) is 0 Å². The number of nitrogens with zero attached hydrogens (tertiary/aromatic N) is 2. The molecule has 0 fully saturated rings. The van der Waals surface area contributed by atoms with E-state index in [1.54, 1.807) is 0 Å². The molecule has 0 saturated carbocycles. The maximum absolute atomic E-state index is 11.9. The van der Waals surface area contributed by atoms with E-state index in [-0.39, 0.29) is 16.3 Å². The van der Waals surface area contributed by atoms with Crippen molar-refractivity contribution in [3.8, 4) is 0 Å². The van der Waals surface area contributed by atoms with Gasteiger partial charge < -0.3 is 0 Å². The molecule has 0 aliphatic carbocycles. The molecule has 0 bridgehead atoms. The fraction of sp³-hybridized carbons (Fsp3) is 0.0667. The van der Waals surface area contributed by atoms with Crippen molar-refractivity contribution in [3.05, 3.63) is 74.3 Å². The number of hydrogen-bond donors (Lipinski definition) is 1. The first-order chi connectivity index (χ1) is 10.5. The zero-order valence-corrected chi connectivity index (χ0v) is 12.4. The van der Waals surface area contributed by atoms with Crippen molar-refractivity contribution in [1.29, 1.82) is 0 Å². The number of nitro groups is 1. The van der Waals surface area contributed by atoms with E-state index in [1.165, 1.54) is 18.3 Å². The molecular weight excluding hydrogens is 306 g/mol. The van der Waals surface area contributed by atoms with Crippen LogP contribution in [0.1, 0.15) is 21.5 Å². The lowest BCUT2D eigenvalue weighted by Gasteiger charge is -2.02. The van der Waals surface area contributed by atoms with Gasteiger partial charge in [0.15, 0.2) is 0 Å². The first-order valence-electron chi connectivity index (χ1n) is 6.32. The maximum atomic E-state index is 11.9. The van der Waals surface area contributed by atoms with Crippen LogP contribution in [-0.4, -0.2) is 17.0 Å². The maximum Gasteiger partial charge on any atom is 0.288 e. The van der Waals surface area contributed by atoms with Crippen molar-refractivity contribution in [2.45, 2.75) is 6.92 Å². The zero-order chi connectivity index (χ0) is 16.1. The minimum absolute atomic E-state index is 0.0232. The van der Waals surface area contributed by atoms with Crippen molar-refractivity contribution < 1.29 is 9.72 Å². The van der Waals surface area contributed by atoms with Gasteiger partial charge in [-0.1, -0.05) is 35.9 Å². The number of hydrogen-bond acceptors (Lipinski definition) is 4. The highest BCUT2D eigenvalue weighted by atomic mass is 35.5. The lowest BCUT2D eigenvalue weighted by atomic mass is 10.1. The van der Waals surface area contributed by atoms with Gasteiger partial charge >= 0.3 is 0 Å². The van der Waals surface area contributed by atoms with Crippen LogP contribution in [0.5, 0.6) is 0 Å². The highest BCUT2D eigenvalue weighted by Gasteiger charge is 2.15. The van der Waals surface area contributed by atoms with Crippen molar-refractivity contribution in [2.75, 3.05) is 0 Å². The quantitative estimate of drug-likeness (QED) is 0.533. The Bertz CT molecular complexity index is 759. The Balaban J connectivity index is 2.12. The Morgan fingerprint density at radius 3 is 2.73 bits per heavy atom. The van der Waals surface area contributed by atoms with Crippen molar-refractivity contribution in [3.63, 3.8) is 0 Å². The number of nitrogens with one attached hydrogen (secondary N) is 1. The van der Waals surface area contributed by atoms with E-state index in [4.69, 9.17) is 11.6 Å². The molecule has 0 aliphatic heterocycles. The summed E-state index contributed by atoms with van der Waals surface area (Å²) < 4.78 is 0. The fourth-order valence-corrected chi connectivity index (χ4v) is 1.94. The molecule has 2 aromatic carbocycles. The Kier molecular flexibility index (Phi) is 4.85. The molecule has 112 valence electrons. The molecule has 0 unspecified atom stereocenters.